The number of aryl methyl sites for hydroxylation is 1. The number of amides is 1. The third-order valence-corrected chi connectivity index (χ3v) is 4.23. The second-order valence-electron chi connectivity index (χ2n) is 5.84. The molecular weight excluding hydrogens is 280 g/mol. The smallest absolute Gasteiger partial charge is 0.291 e. The van der Waals surface area contributed by atoms with Crippen molar-refractivity contribution in [1.82, 2.24) is 29.8 Å². The van der Waals surface area contributed by atoms with Crippen LogP contribution in [0.2, 0.25) is 0 Å². The second-order valence-corrected chi connectivity index (χ2v) is 5.84. The first-order valence-electron chi connectivity index (χ1n) is 7.86. The van der Waals surface area contributed by atoms with E-state index < -0.39 is 0 Å². The number of hydrogen-bond donors (Lipinski definition) is 1. The number of fused-ring (bicyclic) bond motifs is 1. The minimum Gasteiger partial charge on any atom is -0.349 e. The van der Waals surface area contributed by atoms with Crippen molar-refractivity contribution in [3.63, 3.8) is 0 Å². The van der Waals surface area contributed by atoms with Crippen molar-refractivity contribution in [3.8, 4) is 0 Å². The summed E-state index contributed by atoms with van der Waals surface area (Å²) in [5.74, 6) is 0.929. The molecule has 1 fully saturated rings. The van der Waals surface area contributed by atoms with Crippen LogP contribution in [-0.2, 0) is 0 Å². The van der Waals surface area contributed by atoms with Gasteiger partial charge in [-0.05, 0) is 44.8 Å². The fraction of sp³-hybridized carbons (Fsp3) is 0.600. The van der Waals surface area contributed by atoms with Gasteiger partial charge in [-0.25, -0.2) is 9.50 Å². The molecule has 0 saturated carbocycles. The molecule has 118 valence electrons. The Kier molecular flexibility index (Phi) is 4.33. The van der Waals surface area contributed by atoms with Crippen LogP contribution < -0.4 is 5.32 Å². The van der Waals surface area contributed by atoms with Crippen molar-refractivity contribution in [2.45, 2.75) is 26.7 Å². The summed E-state index contributed by atoms with van der Waals surface area (Å²) in [5, 5.41) is 7.19. The Morgan fingerprint density at radius 1 is 1.50 bits per heavy atom. The van der Waals surface area contributed by atoms with Gasteiger partial charge in [0.05, 0.1) is 0 Å². The van der Waals surface area contributed by atoms with Gasteiger partial charge in [0.25, 0.3) is 11.7 Å². The Morgan fingerprint density at radius 3 is 3.14 bits per heavy atom. The highest BCUT2D eigenvalue weighted by molar-refractivity contribution is 5.90. The maximum atomic E-state index is 12.2. The van der Waals surface area contributed by atoms with E-state index in [1.54, 1.807) is 10.7 Å². The Bertz CT molecular complexity index is 667. The molecule has 7 nitrogen and oxygen atoms in total. The highest BCUT2D eigenvalue weighted by Crippen LogP contribution is 2.15. The average molecular weight is 302 g/mol. The fourth-order valence-electron chi connectivity index (χ4n) is 2.92. The van der Waals surface area contributed by atoms with Crippen LogP contribution in [0.1, 0.15) is 36.1 Å². The molecule has 1 atom stereocenters. The minimum absolute atomic E-state index is 0.185. The number of piperidine rings is 1. The zero-order chi connectivity index (χ0) is 15.5. The second kappa shape index (κ2) is 6.39. The summed E-state index contributed by atoms with van der Waals surface area (Å²) in [7, 11) is 0. The molecular formula is C15H22N6O. The van der Waals surface area contributed by atoms with Crippen LogP contribution in [0.15, 0.2) is 12.3 Å². The molecule has 0 radical (unpaired) electrons. The van der Waals surface area contributed by atoms with Gasteiger partial charge in [0.1, 0.15) is 0 Å². The average Bonchev–Trinajstić information content (AvgIpc) is 2.98. The monoisotopic (exact) mass is 302 g/mol. The van der Waals surface area contributed by atoms with Crippen LogP contribution in [0.5, 0.6) is 0 Å². The first-order valence-corrected chi connectivity index (χ1v) is 7.86. The van der Waals surface area contributed by atoms with E-state index in [0.717, 1.165) is 25.2 Å². The molecule has 1 aliphatic rings. The molecule has 0 spiro atoms. The molecule has 0 aliphatic carbocycles. The Morgan fingerprint density at radius 2 is 2.36 bits per heavy atom. The minimum atomic E-state index is -0.224. The van der Waals surface area contributed by atoms with Gasteiger partial charge in [0, 0.05) is 25.0 Å². The number of likely N-dealkylation sites (tertiary alicyclic amines) is 1. The normalized spacial score (nSPS) is 19.5. The summed E-state index contributed by atoms with van der Waals surface area (Å²) in [5.41, 5.74) is 0.905. The lowest BCUT2D eigenvalue weighted by Crippen LogP contribution is -2.40. The van der Waals surface area contributed by atoms with Crippen molar-refractivity contribution in [1.29, 1.82) is 0 Å². The highest BCUT2D eigenvalue weighted by atomic mass is 16.2. The van der Waals surface area contributed by atoms with Crippen LogP contribution in [-0.4, -0.2) is 56.6 Å². The molecule has 3 heterocycles. The molecule has 2 aromatic heterocycles. The zero-order valence-electron chi connectivity index (χ0n) is 13.1. The topological polar surface area (TPSA) is 75.4 Å². The lowest BCUT2D eigenvalue weighted by molar-refractivity contribution is 0.0923. The lowest BCUT2D eigenvalue weighted by atomic mass is 9.98. The van der Waals surface area contributed by atoms with Crippen molar-refractivity contribution in [3.05, 3.63) is 23.8 Å². The SMILES string of the molecule is CCN1CCC[C@H](CNC(=O)c2nc3nccc(C)n3n2)C1. The first kappa shape index (κ1) is 14.9. The van der Waals surface area contributed by atoms with Crippen LogP contribution in [0.25, 0.3) is 5.78 Å². The van der Waals surface area contributed by atoms with E-state index in [2.05, 4.69) is 32.2 Å². The third kappa shape index (κ3) is 3.09. The summed E-state index contributed by atoms with van der Waals surface area (Å²) in [6, 6.07) is 1.84. The number of nitrogens with one attached hydrogen (secondary N) is 1. The summed E-state index contributed by atoms with van der Waals surface area (Å²) in [6.07, 6.45) is 4.03. The number of carbonyl (C=O) groups is 1. The van der Waals surface area contributed by atoms with Gasteiger partial charge in [-0.1, -0.05) is 6.92 Å². The Hall–Kier alpha value is -2.02. The van der Waals surface area contributed by atoms with Crippen LogP contribution in [0.3, 0.4) is 0 Å². The number of rotatable bonds is 4. The van der Waals surface area contributed by atoms with Gasteiger partial charge in [-0.2, -0.15) is 4.98 Å². The quantitative estimate of drug-likeness (QED) is 0.908. The van der Waals surface area contributed by atoms with Crippen molar-refractivity contribution in [2.24, 2.45) is 5.92 Å². The first-order chi connectivity index (χ1) is 10.7. The van der Waals surface area contributed by atoms with Crippen LogP contribution in [0, 0.1) is 12.8 Å². The van der Waals surface area contributed by atoms with Gasteiger partial charge in [-0.3, -0.25) is 4.79 Å². The fourth-order valence-corrected chi connectivity index (χ4v) is 2.92. The maximum Gasteiger partial charge on any atom is 0.291 e. The molecule has 22 heavy (non-hydrogen) atoms. The number of carbonyl (C=O) groups excluding carboxylic acids is 1. The van der Waals surface area contributed by atoms with Crippen molar-refractivity contribution >= 4 is 11.7 Å². The van der Waals surface area contributed by atoms with E-state index in [0.29, 0.717) is 18.2 Å². The van der Waals surface area contributed by atoms with E-state index >= 15 is 0 Å². The van der Waals surface area contributed by atoms with Crippen LogP contribution in [0.4, 0.5) is 0 Å². The third-order valence-electron chi connectivity index (χ3n) is 4.23. The van der Waals surface area contributed by atoms with Crippen LogP contribution >= 0.6 is 0 Å². The van der Waals surface area contributed by atoms with E-state index in [4.69, 9.17) is 0 Å². The molecule has 0 bridgehead atoms. The molecule has 1 saturated heterocycles. The molecule has 1 amide bonds. The molecule has 1 N–H and O–H groups in total. The van der Waals surface area contributed by atoms with Gasteiger partial charge in [0.15, 0.2) is 0 Å². The van der Waals surface area contributed by atoms with Crippen molar-refractivity contribution < 1.29 is 4.79 Å². The summed E-state index contributed by atoms with van der Waals surface area (Å²) in [4.78, 5) is 23.0. The molecule has 7 heteroatoms. The predicted octanol–water partition coefficient (Wildman–Crippen LogP) is 0.894. The number of nitrogens with zero attached hydrogens (tertiary/aromatic N) is 5. The molecule has 2 aromatic rings. The lowest BCUT2D eigenvalue weighted by Gasteiger charge is -2.31. The Balaban J connectivity index is 1.62. The zero-order valence-corrected chi connectivity index (χ0v) is 13.1. The summed E-state index contributed by atoms with van der Waals surface area (Å²) in [6.45, 7) is 8.06. The molecule has 1 aliphatic heterocycles. The van der Waals surface area contributed by atoms with Gasteiger partial charge in [-0.15, -0.1) is 5.10 Å². The number of hydrogen-bond acceptors (Lipinski definition) is 5. The predicted molar refractivity (Wildman–Crippen MR) is 82.7 cm³/mol. The molecule has 3 rings (SSSR count). The Labute approximate surface area is 129 Å². The van der Waals surface area contributed by atoms with Gasteiger partial charge < -0.3 is 10.2 Å². The highest BCUT2D eigenvalue weighted by Gasteiger charge is 2.20. The summed E-state index contributed by atoms with van der Waals surface area (Å²) >= 11 is 0. The van der Waals surface area contributed by atoms with Gasteiger partial charge >= 0.3 is 0 Å². The van der Waals surface area contributed by atoms with E-state index in [9.17, 15) is 4.79 Å². The molecule has 0 aromatic carbocycles. The van der Waals surface area contributed by atoms with E-state index in [1.165, 1.54) is 13.0 Å². The van der Waals surface area contributed by atoms with E-state index in [1.807, 2.05) is 13.0 Å². The van der Waals surface area contributed by atoms with Crippen molar-refractivity contribution in [2.75, 3.05) is 26.2 Å². The van der Waals surface area contributed by atoms with E-state index in [-0.39, 0.29) is 11.7 Å². The van der Waals surface area contributed by atoms with Gasteiger partial charge in [0.2, 0.25) is 5.82 Å². The molecule has 0 unspecified atom stereocenters. The maximum absolute atomic E-state index is 12.2. The largest absolute Gasteiger partial charge is 0.349 e. The summed E-state index contributed by atoms with van der Waals surface area (Å²) < 4.78 is 1.59. The number of aromatic nitrogens is 4. The standard InChI is InChI=1S/C15H22N6O/c1-3-20-8-4-5-12(10-20)9-17-14(22)13-18-15-16-7-6-11(2)21(15)19-13/h6-7,12H,3-5,8-10H2,1-2H3,(H,17,22)/t12-/m1/s1.